The summed E-state index contributed by atoms with van der Waals surface area (Å²) in [5, 5.41) is 0. The van der Waals surface area contributed by atoms with E-state index in [0.717, 1.165) is 16.7 Å². The molecule has 2 aromatic carbocycles. The van der Waals surface area contributed by atoms with Crippen LogP contribution >= 0.6 is 0 Å². The lowest BCUT2D eigenvalue weighted by molar-refractivity contribution is -0.0583. The number of benzene rings is 2. The van der Waals surface area contributed by atoms with Crippen LogP contribution < -0.4 is 11.2 Å². The van der Waals surface area contributed by atoms with Gasteiger partial charge in [0.2, 0.25) is 0 Å². The molecule has 1 N–H and O–H groups in total. The zero-order valence-corrected chi connectivity index (χ0v) is 20.5. The number of rotatable bonds is 6. The zero-order valence-electron chi connectivity index (χ0n) is 20.5. The second-order valence-corrected chi connectivity index (χ2v) is 9.14. The molecule has 0 saturated carbocycles. The zero-order chi connectivity index (χ0) is 25.9. The predicted molar refractivity (Wildman–Crippen MR) is 132 cm³/mol. The topological polar surface area (TPSA) is 118 Å². The maximum Gasteiger partial charge on any atom is 0.351 e. The van der Waals surface area contributed by atoms with Crippen molar-refractivity contribution in [3.63, 3.8) is 0 Å². The van der Waals surface area contributed by atoms with E-state index >= 15 is 0 Å². The second-order valence-electron chi connectivity index (χ2n) is 9.14. The number of ether oxygens (including phenoxy) is 3. The monoisotopic (exact) mass is 505 g/mol. The first-order valence-corrected chi connectivity index (χ1v) is 12.0. The van der Waals surface area contributed by atoms with Crippen LogP contribution in [0.3, 0.4) is 0 Å². The van der Waals surface area contributed by atoms with Crippen molar-refractivity contribution in [1.82, 2.24) is 9.55 Å². The molecule has 0 aliphatic carbocycles. The molecule has 0 unspecified atom stereocenters. The standard InChI is InChI=1S/C27H27N3O7/c1-16-3-7-18(8-4-16)25(31)34-15-22-21(37-26(32)19-9-5-17(2)6-10-19)13-23(36-22)30-14-20-11-12-35-29-24(20)28-27(30)33/h3-10,14,21-23H,11-13,15H2,1-2H3,(H,28,29,33)/t21-,22+,23+/m1/s1. The van der Waals surface area contributed by atoms with Crippen molar-refractivity contribution in [1.29, 1.82) is 0 Å². The average molecular weight is 506 g/mol. The predicted octanol–water partition coefficient (Wildman–Crippen LogP) is 3.13. The Kier molecular flexibility index (Phi) is 7.02. The van der Waals surface area contributed by atoms with Gasteiger partial charge in [0.1, 0.15) is 25.0 Å². The van der Waals surface area contributed by atoms with Crippen LogP contribution in [-0.4, -0.2) is 46.9 Å². The first-order valence-electron chi connectivity index (χ1n) is 12.0. The van der Waals surface area contributed by atoms with Crippen LogP contribution in [0, 0.1) is 13.8 Å². The van der Waals surface area contributed by atoms with E-state index in [0.29, 0.717) is 30.0 Å². The van der Waals surface area contributed by atoms with Crippen LogP contribution in [0.25, 0.3) is 0 Å². The van der Waals surface area contributed by atoms with Gasteiger partial charge in [-0.3, -0.25) is 9.40 Å². The Balaban J connectivity index is 1.35. The van der Waals surface area contributed by atoms with Crippen LogP contribution in [0.2, 0.25) is 0 Å². The summed E-state index contributed by atoms with van der Waals surface area (Å²) >= 11 is 0. The number of hydrogen-bond donors (Lipinski definition) is 1. The van der Waals surface area contributed by atoms with Crippen molar-refractivity contribution < 1.29 is 28.6 Å². The van der Waals surface area contributed by atoms with Crippen molar-refractivity contribution in [3.05, 3.63) is 93.0 Å². The summed E-state index contributed by atoms with van der Waals surface area (Å²) in [6.07, 6.45) is 0.143. The third-order valence-electron chi connectivity index (χ3n) is 6.37. The van der Waals surface area contributed by atoms with Gasteiger partial charge in [-0.15, -0.1) is 0 Å². The summed E-state index contributed by atoms with van der Waals surface area (Å²) in [5.74, 6) is -0.674. The number of nitrogens with one attached hydrogen (secondary N) is 1. The molecule has 0 spiro atoms. The van der Waals surface area contributed by atoms with Crippen LogP contribution in [-0.2, 0) is 25.5 Å². The summed E-state index contributed by atoms with van der Waals surface area (Å²) in [6.45, 7) is 4.13. The normalized spacial score (nSPS) is 20.5. The van der Waals surface area contributed by atoms with E-state index in [1.54, 1.807) is 30.5 Å². The fourth-order valence-corrected chi connectivity index (χ4v) is 4.24. The van der Waals surface area contributed by atoms with Crippen molar-refractivity contribution in [3.8, 4) is 0 Å². The molecule has 2 aliphatic heterocycles. The first-order chi connectivity index (χ1) is 17.9. The molecular formula is C27H27N3O7. The fourth-order valence-electron chi connectivity index (χ4n) is 4.24. The Morgan fingerprint density at radius 1 is 1.03 bits per heavy atom. The summed E-state index contributed by atoms with van der Waals surface area (Å²) in [5.41, 5.74) is 5.74. The van der Waals surface area contributed by atoms with Gasteiger partial charge < -0.3 is 14.2 Å². The van der Waals surface area contributed by atoms with E-state index < -0.39 is 36.1 Å². The Morgan fingerprint density at radius 3 is 2.35 bits per heavy atom. The minimum atomic E-state index is -0.779. The number of carbonyl (C=O) groups is 2. The van der Waals surface area contributed by atoms with E-state index in [1.807, 2.05) is 38.1 Å². The smallest absolute Gasteiger partial charge is 0.351 e. The van der Waals surface area contributed by atoms with Gasteiger partial charge in [0, 0.05) is 24.6 Å². The number of carbonyl (C=O) groups excluding carboxylic acids is 2. The van der Waals surface area contributed by atoms with Crippen molar-refractivity contribution in [2.45, 2.75) is 45.1 Å². The first kappa shape index (κ1) is 24.7. The van der Waals surface area contributed by atoms with Gasteiger partial charge in [0.25, 0.3) is 0 Å². The molecule has 10 nitrogen and oxygen atoms in total. The third-order valence-corrected chi connectivity index (χ3v) is 6.37. The number of nitrogens with zero attached hydrogens (tertiary/aromatic N) is 2. The summed E-state index contributed by atoms with van der Waals surface area (Å²) < 4.78 is 18.8. The molecule has 5 rings (SSSR count). The molecule has 1 aromatic heterocycles. The van der Waals surface area contributed by atoms with Crippen LogP contribution in [0.15, 0.2) is 59.5 Å². The maximum absolute atomic E-state index is 12.9. The number of anilines is 1. The number of aromatic nitrogens is 2. The second kappa shape index (κ2) is 10.5. The van der Waals surface area contributed by atoms with Crippen LogP contribution in [0.4, 0.5) is 5.82 Å². The molecule has 37 heavy (non-hydrogen) atoms. The SMILES string of the molecule is Cc1ccc(C(=O)OC[C@@H]2O[C@H](n3cc4c(nc3=O)NOCC4)C[C@H]2OC(=O)c2ccc(C)cc2)cc1. The molecule has 0 bridgehead atoms. The highest BCUT2D eigenvalue weighted by atomic mass is 16.6. The van der Waals surface area contributed by atoms with Gasteiger partial charge in [-0.05, 0) is 38.1 Å². The molecular weight excluding hydrogens is 478 g/mol. The van der Waals surface area contributed by atoms with E-state index in [4.69, 9.17) is 19.0 Å². The Morgan fingerprint density at radius 2 is 1.68 bits per heavy atom. The molecule has 1 saturated heterocycles. The summed E-state index contributed by atoms with van der Waals surface area (Å²) in [7, 11) is 0. The molecule has 10 heteroatoms. The Bertz CT molecular complexity index is 1350. The van der Waals surface area contributed by atoms with E-state index in [1.165, 1.54) is 4.57 Å². The fraction of sp³-hybridized carbons (Fsp3) is 0.333. The highest BCUT2D eigenvalue weighted by Crippen LogP contribution is 2.32. The molecule has 192 valence electrons. The van der Waals surface area contributed by atoms with Crippen molar-refractivity contribution in [2.75, 3.05) is 18.7 Å². The number of hydrogen-bond acceptors (Lipinski definition) is 9. The molecule has 3 aromatic rings. The Labute approximate surface area is 213 Å². The van der Waals surface area contributed by atoms with Gasteiger partial charge in [-0.25, -0.2) is 19.9 Å². The molecule has 2 aliphatic rings. The van der Waals surface area contributed by atoms with E-state index in [2.05, 4.69) is 10.5 Å². The summed E-state index contributed by atoms with van der Waals surface area (Å²) in [4.78, 5) is 47.4. The lowest BCUT2D eigenvalue weighted by Crippen LogP contribution is -2.32. The lowest BCUT2D eigenvalue weighted by Gasteiger charge is -2.20. The van der Waals surface area contributed by atoms with E-state index in [9.17, 15) is 14.4 Å². The maximum atomic E-state index is 12.9. The highest BCUT2D eigenvalue weighted by molar-refractivity contribution is 5.90. The van der Waals surface area contributed by atoms with Gasteiger partial charge in [-0.2, -0.15) is 4.98 Å². The largest absolute Gasteiger partial charge is 0.459 e. The minimum absolute atomic E-state index is 0.155. The molecule has 1 fully saturated rings. The number of esters is 2. The van der Waals surface area contributed by atoms with Crippen LogP contribution in [0.1, 0.15) is 50.1 Å². The van der Waals surface area contributed by atoms with Crippen molar-refractivity contribution >= 4 is 17.8 Å². The van der Waals surface area contributed by atoms with Gasteiger partial charge >= 0.3 is 17.6 Å². The Hall–Kier alpha value is -4.02. The lowest BCUT2D eigenvalue weighted by atomic mass is 10.1. The molecule has 0 amide bonds. The average Bonchev–Trinajstić information content (AvgIpc) is 3.29. The molecule has 3 heterocycles. The minimum Gasteiger partial charge on any atom is -0.459 e. The van der Waals surface area contributed by atoms with Crippen molar-refractivity contribution in [2.24, 2.45) is 0 Å². The summed E-state index contributed by atoms with van der Waals surface area (Å²) in [6, 6.07) is 14.0. The van der Waals surface area contributed by atoms with Gasteiger partial charge in [-0.1, -0.05) is 35.4 Å². The van der Waals surface area contributed by atoms with E-state index in [-0.39, 0.29) is 13.0 Å². The quantitative estimate of drug-likeness (QED) is 0.504. The highest BCUT2D eigenvalue weighted by Gasteiger charge is 2.40. The molecule has 0 radical (unpaired) electrons. The number of fused-ring (bicyclic) bond motifs is 1. The van der Waals surface area contributed by atoms with Crippen LogP contribution in [0.5, 0.6) is 0 Å². The van der Waals surface area contributed by atoms with Gasteiger partial charge in [0.15, 0.2) is 5.82 Å². The van der Waals surface area contributed by atoms with Gasteiger partial charge in [0.05, 0.1) is 17.7 Å². The third kappa shape index (κ3) is 5.55. The molecule has 3 atom stereocenters. The number of aryl methyl sites for hydroxylation is 2.